The largest absolute Gasteiger partial charge is 0.508 e. The van der Waals surface area contributed by atoms with Crippen molar-refractivity contribution in [3.8, 4) is 5.75 Å². The van der Waals surface area contributed by atoms with E-state index in [1.165, 1.54) is 18.2 Å². The third kappa shape index (κ3) is 1.45. The molecule has 2 aromatic carbocycles. The Bertz CT molecular complexity index is 468. The van der Waals surface area contributed by atoms with Gasteiger partial charge in [0.15, 0.2) is 0 Å². The highest BCUT2D eigenvalue weighted by Gasteiger charge is 2.02. The summed E-state index contributed by atoms with van der Waals surface area (Å²) in [7, 11) is 0. The minimum Gasteiger partial charge on any atom is -0.508 e. The second-order valence-electron chi connectivity index (χ2n) is 2.79. The Morgan fingerprint density at radius 3 is 2.69 bits per heavy atom. The number of fused-ring (bicyclic) bond motifs is 1. The highest BCUT2D eigenvalue weighted by molar-refractivity contribution is 6.31. The standard InChI is InChI=1S/C10H6ClFO/c11-7-3-6-1-2-8(13)5-9(6)10(12)4-7/h1-5,13H. The lowest BCUT2D eigenvalue weighted by Crippen LogP contribution is -1.79. The molecule has 0 aliphatic rings. The van der Waals surface area contributed by atoms with E-state index in [0.717, 1.165) is 0 Å². The molecular formula is C10H6ClFO. The summed E-state index contributed by atoms with van der Waals surface area (Å²) in [6.45, 7) is 0. The van der Waals surface area contributed by atoms with Crippen LogP contribution in [0.25, 0.3) is 10.8 Å². The number of aromatic hydroxyl groups is 1. The molecule has 0 fully saturated rings. The van der Waals surface area contributed by atoms with Crippen molar-refractivity contribution in [3.05, 3.63) is 41.2 Å². The van der Waals surface area contributed by atoms with Gasteiger partial charge < -0.3 is 5.11 Å². The van der Waals surface area contributed by atoms with Crippen LogP contribution >= 0.6 is 11.6 Å². The predicted octanol–water partition coefficient (Wildman–Crippen LogP) is 3.34. The van der Waals surface area contributed by atoms with E-state index < -0.39 is 5.82 Å². The Morgan fingerprint density at radius 1 is 1.15 bits per heavy atom. The number of phenols is 1. The molecular weight excluding hydrogens is 191 g/mol. The topological polar surface area (TPSA) is 20.2 Å². The quantitative estimate of drug-likeness (QED) is 0.685. The molecule has 0 saturated heterocycles. The third-order valence-electron chi connectivity index (χ3n) is 1.85. The second kappa shape index (κ2) is 2.89. The fourth-order valence-corrected chi connectivity index (χ4v) is 1.48. The summed E-state index contributed by atoms with van der Waals surface area (Å²) >= 11 is 5.66. The van der Waals surface area contributed by atoms with Crippen molar-refractivity contribution in [3.63, 3.8) is 0 Å². The molecule has 0 aliphatic heterocycles. The zero-order valence-corrected chi connectivity index (χ0v) is 7.35. The van der Waals surface area contributed by atoms with Crippen LogP contribution in [0.15, 0.2) is 30.3 Å². The maximum atomic E-state index is 13.2. The van der Waals surface area contributed by atoms with E-state index in [1.54, 1.807) is 12.1 Å². The van der Waals surface area contributed by atoms with Gasteiger partial charge in [0.05, 0.1) is 0 Å². The number of hydrogen-bond donors (Lipinski definition) is 1. The Balaban J connectivity index is 2.87. The van der Waals surface area contributed by atoms with E-state index in [1.807, 2.05) is 0 Å². The average molecular weight is 197 g/mol. The van der Waals surface area contributed by atoms with Crippen LogP contribution in [0.2, 0.25) is 5.02 Å². The maximum absolute atomic E-state index is 13.2. The SMILES string of the molecule is Oc1ccc2cc(Cl)cc(F)c2c1. The maximum Gasteiger partial charge on any atom is 0.132 e. The van der Waals surface area contributed by atoms with Crippen molar-refractivity contribution in [2.75, 3.05) is 0 Å². The van der Waals surface area contributed by atoms with E-state index in [9.17, 15) is 4.39 Å². The van der Waals surface area contributed by atoms with Crippen LogP contribution in [0.1, 0.15) is 0 Å². The predicted molar refractivity (Wildman–Crippen MR) is 50.6 cm³/mol. The smallest absolute Gasteiger partial charge is 0.132 e. The minimum atomic E-state index is -0.418. The van der Waals surface area contributed by atoms with Gasteiger partial charge >= 0.3 is 0 Å². The summed E-state index contributed by atoms with van der Waals surface area (Å²) in [5.74, 6) is -0.368. The van der Waals surface area contributed by atoms with Gasteiger partial charge in [-0.3, -0.25) is 0 Å². The van der Waals surface area contributed by atoms with Gasteiger partial charge in [-0.25, -0.2) is 4.39 Å². The first kappa shape index (κ1) is 8.32. The van der Waals surface area contributed by atoms with Crippen LogP contribution in [0.5, 0.6) is 5.75 Å². The first-order valence-electron chi connectivity index (χ1n) is 3.74. The minimum absolute atomic E-state index is 0.0497. The lowest BCUT2D eigenvalue weighted by Gasteiger charge is -2.00. The molecule has 0 unspecified atom stereocenters. The molecule has 1 N–H and O–H groups in total. The van der Waals surface area contributed by atoms with Gasteiger partial charge in [-0.05, 0) is 29.7 Å². The molecule has 0 amide bonds. The molecule has 0 heterocycles. The molecule has 0 atom stereocenters. The van der Waals surface area contributed by atoms with Crippen molar-refractivity contribution in [2.24, 2.45) is 0 Å². The number of rotatable bonds is 0. The molecule has 1 nitrogen and oxygen atoms in total. The van der Waals surface area contributed by atoms with E-state index in [2.05, 4.69) is 0 Å². The zero-order chi connectivity index (χ0) is 9.42. The lowest BCUT2D eigenvalue weighted by molar-refractivity contribution is 0.476. The summed E-state index contributed by atoms with van der Waals surface area (Å²) < 4.78 is 13.2. The number of phenolic OH excluding ortho intramolecular Hbond substituents is 1. The van der Waals surface area contributed by atoms with Crippen LogP contribution in [-0.4, -0.2) is 5.11 Å². The Hall–Kier alpha value is -1.28. The first-order chi connectivity index (χ1) is 6.16. The summed E-state index contributed by atoms with van der Waals surface area (Å²) in [6.07, 6.45) is 0. The fraction of sp³-hybridized carbons (Fsp3) is 0. The molecule has 3 heteroatoms. The van der Waals surface area contributed by atoms with Crippen LogP contribution < -0.4 is 0 Å². The molecule has 2 rings (SSSR count). The molecule has 2 aromatic rings. The molecule has 0 radical (unpaired) electrons. The molecule has 0 bridgehead atoms. The van der Waals surface area contributed by atoms with E-state index in [0.29, 0.717) is 15.8 Å². The second-order valence-corrected chi connectivity index (χ2v) is 3.23. The average Bonchev–Trinajstić information content (AvgIpc) is 2.06. The summed E-state index contributed by atoms with van der Waals surface area (Å²) in [4.78, 5) is 0. The van der Waals surface area contributed by atoms with Crippen molar-refractivity contribution in [2.45, 2.75) is 0 Å². The van der Waals surface area contributed by atoms with E-state index in [-0.39, 0.29) is 5.75 Å². The first-order valence-corrected chi connectivity index (χ1v) is 4.12. The fourth-order valence-electron chi connectivity index (χ4n) is 1.27. The summed E-state index contributed by atoms with van der Waals surface area (Å²) in [6, 6.07) is 7.38. The van der Waals surface area contributed by atoms with E-state index in [4.69, 9.17) is 16.7 Å². The van der Waals surface area contributed by atoms with Crippen LogP contribution in [-0.2, 0) is 0 Å². The van der Waals surface area contributed by atoms with Gasteiger partial charge in [-0.1, -0.05) is 17.7 Å². The van der Waals surface area contributed by atoms with Crippen molar-refractivity contribution >= 4 is 22.4 Å². The third-order valence-corrected chi connectivity index (χ3v) is 2.07. The van der Waals surface area contributed by atoms with Crippen LogP contribution in [0.4, 0.5) is 4.39 Å². The Morgan fingerprint density at radius 2 is 1.92 bits per heavy atom. The normalized spacial score (nSPS) is 10.6. The van der Waals surface area contributed by atoms with Gasteiger partial charge in [0.1, 0.15) is 11.6 Å². The van der Waals surface area contributed by atoms with Crippen molar-refractivity contribution in [1.29, 1.82) is 0 Å². The molecule has 0 spiro atoms. The van der Waals surface area contributed by atoms with Crippen molar-refractivity contribution < 1.29 is 9.50 Å². The summed E-state index contributed by atoms with van der Waals surface area (Å²) in [5, 5.41) is 10.5. The zero-order valence-electron chi connectivity index (χ0n) is 6.59. The van der Waals surface area contributed by atoms with Gasteiger partial charge in [-0.15, -0.1) is 0 Å². The number of halogens is 2. The van der Waals surface area contributed by atoms with Gasteiger partial charge in [-0.2, -0.15) is 0 Å². The highest BCUT2D eigenvalue weighted by Crippen LogP contribution is 2.25. The lowest BCUT2D eigenvalue weighted by atomic mass is 10.1. The van der Waals surface area contributed by atoms with Crippen LogP contribution in [0.3, 0.4) is 0 Å². The van der Waals surface area contributed by atoms with Gasteiger partial charge in [0.2, 0.25) is 0 Å². The molecule has 0 aromatic heterocycles. The molecule has 0 saturated carbocycles. The van der Waals surface area contributed by atoms with Crippen molar-refractivity contribution in [1.82, 2.24) is 0 Å². The highest BCUT2D eigenvalue weighted by atomic mass is 35.5. The van der Waals surface area contributed by atoms with Crippen LogP contribution in [0, 0.1) is 5.82 Å². The summed E-state index contributed by atoms with van der Waals surface area (Å²) in [5.41, 5.74) is 0. The molecule has 0 aliphatic carbocycles. The Kier molecular flexibility index (Phi) is 1.85. The molecule has 66 valence electrons. The van der Waals surface area contributed by atoms with E-state index >= 15 is 0 Å². The van der Waals surface area contributed by atoms with Gasteiger partial charge in [0.25, 0.3) is 0 Å². The molecule has 13 heavy (non-hydrogen) atoms. The monoisotopic (exact) mass is 196 g/mol. The van der Waals surface area contributed by atoms with Gasteiger partial charge in [0, 0.05) is 10.4 Å². The Labute approximate surface area is 79.4 Å². The number of benzene rings is 2. The number of hydrogen-bond acceptors (Lipinski definition) is 1.